The fourth-order valence-corrected chi connectivity index (χ4v) is 2.56. The molecule has 0 aromatic carbocycles. The van der Waals surface area contributed by atoms with Gasteiger partial charge in [0.25, 0.3) is 0 Å². The molecule has 1 saturated heterocycles. The summed E-state index contributed by atoms with van der Waals surface area (Å²) in [5, 5.41) is 2.95. The SMILES string of the molecule is C/C=C/CN1C(=O)C(C)(C2CC2)NC(=O)C1(C)C. The fourth-order valence-electron chi connectivity index (χ4n) is 2.56. The van der Waals surface area contributed by atoms with Gasteiger partial charge in [-0.05, 0) is 46.5 Å². The first kappa shape index (κ1) is 13.1. The molecule has 1 aliphatic carbocycles. The predicted octanol–water partition coefficient (Wildman–Crippen LogP) is 1.47. The second-order valence-electron chi connectivity index (χ2n) is 5.97. The molecule has 0 aromatic rings. The van der Waals surface area contributed by atoms with Gasteiger partial charge in [0.05, 0.1) is 0 Å². The van der Waals surface area contributed by atoms with Crippen LogP contribution in [0.2, 0.25) is 0 Å². The molecule has 1 unspecified atom stereocenters. The molecular weight excluding hydrogens is 228 g/mol. The number of hydrogen-bond donors (Lipinski definition) is 1. The monoisotopic (exact) mass is 250 g/mol. The highest BCUT2D eigenvalue weighted by molar-refractivity contribution is 6.02. The van der Waals surface area contributed by atoms with E-state index in [0.29, 0.717) is 12.5 Å². The highest BCUT2D eigenvalue weighted by atomic mass is 16.2. The van der Waals surface area contributed by atoms with E-state index in [9.17, 15) is 9.59 Å². The van der Waals surface area contributed by atoms with Crippen LogP contribution in [0.15, 0.2) is 12.2 Å². The maximum Gasteiger partial charge on any atom is 0.249 e. The van der Waals surface area contributed by atoms with Crippen LogP contribution in [0.1, 0.15) is 40.5 Å². The second kappa shape index (κ2) is 4.11. The van der Waals surface area contributed by atoms with Gasteiger partial charge in [0, 0.05) is 6.54 Å². The van der Waals surface area contributed by atoms with Crippen LogP contribution in [-0.4, -0.2) is 34.3 Å². The van der Waals surface area contributed by atoms with E-state index in [1.165, 1.54) is 0 Å². The summed E-state index contributed by atoms with van der Waals surface area (Å²) in [7, 11) is 0. The number of carbonyl (C=O) groups excluding carboxylic acids is 2. The molecule has 2 fully saturated rings. The molecule has 0 spiro atoms. The van der Waals surface area contributed by atoms with Gasteiger partial charge in [0.15, 0.2) is 0 Å². The Labute approximate surface area is 108 Å². The maximum absolute atomic E-state index is 12.7. The van der Waals surface area contributed by atoms with Gasteiger partial charge in [-0.2, -0.15) is 0 Å². The van der Waals surface area contributed by atoms with Crippen molar-refractivity contribution in [2.75, 3.05) is 6.54 Å². The third-order valence-electron chi connectivity index (χ3n) is 4.21. The Morgan fingerprint density at radius 1 is 1.33 bits per heavy atom. The standard InChI is InChI=1S/C14H22N2O2/c1-5-6-9-16-12(18)14(4,10-7-8-10)15-11(17)13(16,2)3/h5-6,10H,7-9H2,1-4H3,(H,15,17)/b6-5+. The summed E-state index contributed by atoms with van der Waals surface area (Å²) in [5.41, 5.74) is -1.47. The highest BCUT2D eigenvalue weighted by Gasteiger charge is 2.57. The Bertz CT molecular complexity index is 410. The predicted molar refractivity (Wildman–Crippen MR) is 69.9 cm³/mol. The molecule has 0 radical (unpaired) electrons. The van der Waals surface area contributed by atoms with E-state index in [4.69, 9.17) is 0 Å². The van der Waals surface area contributed by atoms with Gasteiger partial charge in [0.2, 0.25) is 11.8 Å². The lowest BCUT2D eigenvalue weighted by Crippen LogP contribution is -2.73. The molecule has 18 heavy (non-hydrogen) atoms. The smallest absolute Gasteiger partial charge is 0.249 e. The minimum Gasteiger partial charge on any atom is -0.340 e. The van der Waals surface area contributed by atoms with Crippen LogP contribution in [0.25, 0.3) is 0 Å². The number of rotatable bonds is 3. The van der Waals surface area contributed by atoms with Crippen molar-refractivity contribution in [2.45, 2.75) is 51.6 Å². The molecule has 2 rings (SSSR count). The summed E-state index contributed by atoms with van der Waals surface area (Å²) in [6, 6.07) is 0. The van der Waals surface area contributed by atoms with Crippen molar-refractivity contribution < 1.29 is 9.59 Å². The van der Waals surface area contributed by atoms with Crippen molar-refractivity contribution in [3.05, 3.63) is 12.2 Å². The first-order chi connectivity index (χ1) is 8.34. The van der Waals surface area contributed by atoms with Crippen LogP contribution in [-0.2, 0) is 9.59 Å². The molecule has 0 aromatic heterocycles. The van der Waals surface area contributed by atoms with E-state index in [1.807, 2.05) is 26.0 Å². The van der Waals surface area contributed by atoms with Crippen LogP contribution < -0.4 is 5.32 Å². The molecule has 2 amide bonds. The summed E-state index contributed by atoms with van der Waals surface area (Å²) in [6.45, 7) is 7.88. The largest absolute Gasteiger partial charge is 0.340 e. The Morgan fingerprint density at radius 2 is 1.94 bits per heavy atom. The molecule has 0 bridgehead atoms. The van der Waals surface area contributed by atoms with E-state index >= 15 is 0 Å². The van der Waals surface area contributed by atoms with Gasteiger partial charge in [-0.15, -0.1) is 0 Å². The molecule has 1 atom stereocenters. The number of amides is 2. The van der Waals surface area contributed by atoms with Crippen LogP contribution in [0, 0.1) is 5.92 Å². The van der Waals surface area contributed by atoms with Crippen molar-refractivity contribution in [2.24, 2.45) is 5.92 Å². The summed E-state index contributed by atoms with van der Waals surface area (Å²) in [5.74, 6) is 0.298. The number of hydrogen-bond acceptors (Lipinski definition) is 2. The van der Waals surface area contributed by atoms with Gasteiger partial charge in [0.1, 0.15) is 11.1 Å². The first-order valence-corrected chi connectivity index (χ1v) is 6.60. The summed E-state index contributed by atoms with van der Waals surface area (Å²) in [6.07, 6.45) is 5.89. The molecule has 4 heteroatoms. The topological polar surface area (TPSA) is 49.4 Å². The number of piperazine rings is 1. The van der Waals surface area contributed by atoms with Gasteiger partial charge in [-0.1, -0.05) is 12.2 Å². The lowest BCUT2D eigenvalue weighted by Gasteiger charge is -2.48. The minimum atomic E-state index is -0.773. The molecule has 1 N–H and O–H groups in total. The zero-order chi connectivity index (χ0) is 13.6. The van der Waals surface area contributed by atoms with E-state index < -0.39 is 11.1 Å². The maximum atomic E-state index is 12.7. The van der Waals surface area contributed by atoms with E-state index in [-0.39, 0.29) is 11.8 Å². The Kier molecular flexibility index (Phi) is 2.99. The molecule has 100 valence electrons. The third kappa shape index (κ3) is 1.84. The zero-order valence-electron chi connectivity index (χ0n) is 11.6. The Morgan fingerprint density at radius 3 is 2.44 bits per heavy atom. The summed E-state index contributed by atoms with van der Waals surface area (Å²) >= 11 is 0. The van der Waals surface area contributed by atoms with Gasteiger partial charge < -0.3 is 10.2 Å². The van der Waals surface area contributed by atoms with Gasteiger partial charge >= 0.3 is 0 Å². The highest BCUT2D eigenvalue weighted by Crippen LogP contribution is 2.43. The minimum absolute atomic E-state index is 0.0488. The average Bonchev–Trinajstić information content (AvgIpc) is 3.11. The zero-order valence-corrected chi connectivity index (χ0v) is 11.6. The number of carbonyl (C=O) groups is 2. The van der Waals surface area contributed by atoms with Crippen molar-refractivity contribution >= 4 is 11.8 Å². The number of nitrogens with one attached hydrogen (secondary N) is 1. The number of allylic oxidation sites excluding steroid dienone is 1. The molecular formula is C14H22N2O2. The molecule has 1 aliphatic heterocycles. The molecule has 2 aliphatic rings. The van der Waals surface area contributed by atoms with Crippen molar-refractivity contribution in [3.63, 3.8) is 0 Å². The van der Waals surface area contributed by atoms with Gasteiger partial charge in [-0.3, -0.25) is 9.59 Å². The lowest BCUT2D eigenvalue weighted by molar-refractivity contribution is -0.160. The first-order valence-electron chi connectivity index (χ1n) is 6.60. The van der Waals surface area contributed by atoms with Crippen LogP contribution >= 0.6 is 0 Å². The molecule has 1 heterocycles. The van der Waals surface area contributed by atoms with Crippen LogP contribution in [0.4, 0.5) is 0 Å². The third-order valence-corrected chi connectivity index (χ3v) is 4.21. The average molecular weight is 250 g/mol. The molecule has 1 saturated carbocycles. The van der Waals surface area contributed by atoms with Crippen molar-refractivity contribution in [1.82, 2.24) is 10.2 Å². The quantitative estimate of drug-likeness (QED) is 0.771. The second-order valence-corrected chi connectivity index (χ2v) is 5.97. The molecule has 4 nitrogen and oxygen atoms in total. The fraction of sp³-hybridized carbons (Fsp3) is 0.714. The van der Waals surface area contributed by atoms with E-state index in [1.54, 1.807) is 18.7 Å². The summed E-state index contributed by atoms with van der Waals surface area (Å²) in [4.78, 5) is 26.6. The normalized spacial score (nSPS) is 31.9. The van der Waals surface area contributed by atoms with Gasteiger partial charge in [-0.25, -0.2) is 0 Å². The summed E-state index contributed by atoms with van der Waals surface area (Å²) < 4.78 is 0. The van der Waals surface area contributed by atoms with E-state index in [2.05, 4.69) is 5.32 Å². The van der Waals surface area contributed by atoms with Crippen molar-refractivity contribution in [3.8, 4) is 0 Å². The lowest BCUT2D eigenvalue weighted by atomic mass is 9.85. The Hall–Kier alpha value is -1.32. The van der Waals surface area contributed by atoms with Crippen LogP contribution in [0.3, 0.4) is 0 Å². The van der Waals surface area contributed by atoms with Crippen LogP contribution in [0.5, 0.6) is 0 Å². The number of nitrogens with zero attached hydrogens (tertiary/aromatic N) is 1. The van der Waals surface area contributed by atoms with E-state index in [0.717, 1.165) is 12.8 Å². The van der Waals surface area contributed by atoms with Crippen molar-refractivity contribution in [1.29, 1.82) is 0 Å². The Balaban J connectivity index is 2.32.